The Kier molecular flexibility index (Phi) is 4.96. The van der Waals surface area contributed by atoms with Gasteiger partial charge in [-0.25, -0.2) is 9.18 Å². The molecule has 0 N–H and O–H groups in total. The molecule has 2 nitrogen and oxygen atoms in total. The second-order valence-corrected chi connectivity index (χ2v) is 3.81. The van der Waals surface area contributed by atoms with E-state index in [1.165, 1.54) is 18.2 Å². The fourth-order valence-electron chi connectivity index (χ4n) is 1.37. The van der Waals surface area contributed by atoms with Crippen LogP contribution in [0.3, 0.4) is 0 Å². The van der Waals surface area contributed by atoms with Crippen LogP contribution in [-0.4, -0.2) is 12.6 Å². The Hall–Kier alpha value is -1.38. The second kappa shape index (κ2) is 6.26. The summed E-state index contributed by atoms with van der Waals surface area (Å²) < 4.78 is 18.0. The Bertz CT molecular complexity index is 361. The van der Waals surface area contributed by atoms with E-state index in [9.17, 15) is 9.18 Å². The number of carbonyl (C=O) groups excluding carboxylic acids is 1. The van der Waals surface area contributed by atoms with E-state index in [-0.39, 0.29) is 11.8 Å². The summed E-state index contributed by atoms with van der Waals surface area (Å²) in [4.78, 5) is 11.5. The van der Waals surface area contributed by atoms with Crippen LogP contribution in [-0.2, 0) is 4.74 Å². The van der Waals surface area contributed by atoms with Crippen LogP contribution in [0.5, 0.6) is 0 Å². The van der Waals surface area contributed by atoms with Crippen LogP contribution in [0.4, 0.5) is 4.39 Å². The molecule has 0 fully saturated rings. The lowest BCUT2D eigenvalue weighted by Crippen LogP contribution is -2.07. The van der Waals surface area contributed by atoms with Crippen molar-refractivity contribution in [3.8, 4) is 0 Å². The summed E-state index contributed by atoms with van der Waals surface area (Å²) in [6.45, 7) is 4.15. The Labute approximate surface area is 95.4 Å². The summed E-state index contributed by atoms with van der Waals surface area (Å²) in [7, 11) is 0. The molecular weight excluding hydrogens is 207 g/mol. The lowest BCUT2D eigenvalue weighted by molar-refractivity contribution is 0.0498. The standard InChI is InChI=1S/C13H17FO2/c1-3-4-5-8-16-13(15)11-6-7-12(14)10(2)9-11/h6-7,9H,3-5,8H2,1-2H3. The maximum absolute atomic E-state index is 13.0. The summed E-state index contributed by atoms with van der Waals surface area (Å²) in [5.74, 6) is -0.679. The summed E-state index contributed by atoms with van der Waals surface area (Å²) in [6, 6.07) is 4.25. The number of hydrogen-bond donors (Lipinski definition) is 0. The average Bonchev–Trinajstić information content (AvgIpc) is 2.28. The van der Waals surface area contributed by atoms with Crippen molar-refractivity contribution in [2.24, 2.45) is 0 Å². The van der Waals surface area contributed by atoms with E-state index >= 15 is 0 Å². The smallest absolute Gasteiger partial charge is 0.338 e. The van der Waals surface area contributed by atoms with Crippen LogP contribution < -0.4 is 0 Å². The van der Waals surface area contributed by atoms with Crippen molar-refractivity contribution in [1.82, 2.24) is 0 Å². The molecule has 0 spiro atoms. The maximum atomic E-state index is 13.0. The number of halogens is 1. The van der Waals surface area contributed by atoms with Gasteiger partial charge in [0.15, 0.2) is 0 Å². The van der Waals surface area contributed by atoms with Crippen LogP contribution in [0.15, 0.2) is 18.2 Å². The Balaban J connectivity index is 2.50. The number of rotatable bonds is 5. The molecule has 16 heavy (non-hydrogen) atoms. The topological polar surface area (TPSA) is 26.3 Å². The van der Waals surface area contributed by atoms with E-state index in [0.29, 0.717) is 17.7 Å². The predicted molar refractivity (Wildman–Crippen MR) is 60.9 cm³/mol. The molecule has 0 unspecified atom stereocenters. The molecule has 0 aliphatic carbocycles. The van der Waals surface area contributed by atoms with Crippen LogP contribution in [0.1, 0.15) is 42.1 Å². The van der Waals surface area contributed by atoms with Crippen molar-refractivity contribution in [2.75, 3.05) is 6.61 Å². The third-order valence-corrected chi connectivity index (χ3v) is 2.37. The van der Waals surface area contributed by atoms with Crippen molar-refractivity contribution in [3.63, 3.8) is 0 Å². The number of hydrogen-bond acceptors (Lipinski definition) is 2. The number of esters is 1. The summed E-state index contributed by atoms with van der Waals surface area (Å²) in [5, 5.41) is 0. The van der Waals surface area contributed by atoms with Crippen molar-refractivity contribution >= 4 is 5.97 Å². The lowest BCUT2D eigenvalue weighted by Gasteiger charge is -2.05. The Morgan fingerprint density at radius 2 is 2.12 bits per heavy atom. The van der Waals surface area contributed by atoms with E-state index in [2.05, 4.69) is 6.92 Å². The summed E-state index contributed by atoms with van der Waals surface area (Å²) >= 11 is 0. The highest BCUT2D eigenvalue weighted by molar-refractivity contribution is 5.89. The minimum atomic E-state index is -0.376. The molecule has 0 atom stereocenters. The highest BCUT2D eigenvalue weighted by atomic mass is 19.1. The van der Waals surface area contributed by atoms with Crippen LogP contribution in [0, 0.1) is 12.7 Å². The zero-order chi connectivity index (χ0) is 12.0. The second-order valence-electron chi connectivity index (χ2n) is 3.81. The first-order valence-corrected chi connectivity index (χ1v) is 5.58. The summed E-state index contributed by atoms with van der Waals surface area (Å²) in [6.07, 6.45) is 3.02. The first kappa shape index (κ1) is 12.7. The third-order valence-electron chi connectivity index (χ3n) is 2.37. The fraction of sp³-hybridized carbons (Fsp3) is 0.462. The first-order chi connectivity index (χ1) is 7.65. The highest BCUT2D eigenvalue weighted by Crippen LogP contribution is 2.10. The van der Waals surface area contributed by atoms with Gasteiger partial charge in [-0.15, -0.1) is 0 Å². The SMILES string of the molecule is CCCCCOC(=O)c1ccc(F)c(C)c1. The molecule has 0 saturated heterocycles. The molecule has 88 valence electrons. The van der Waals surface area contributed by atoms with Crippen molar-refractivity contribution in [3.05, 3.63) is 35.1 Å². The van der Waals surface area contributed by atoms with Gasteiger partial charge in [-0.05, 0) is 37.1 Å². The van der Waals surface area contributed by atoms with Gasteiger partial charge in [0, 0.05) is 0 Å². The van der Waals surface area contributed by atoms with Crippen molar-refractivity contribution in [2.45, 2.75) is 33.1 Å². The minimum absolute atomic E-state index is 0.303. The average molecular weight is 224 g/mol. The number of benzene rings is 1. The van der Waals surface area contributed by atoms with Crippen LogP contribution in [0.2, 0.25) is 0 Å². The molecule has 1 rings (SSSR count). The van der Waals surface area contributed by atoms with E-state index in [0.717, 1.165) is 19.3 Å². The van der Waals surface area contributed by atoms with Gasteiger partial charge < -0.3 is 4.74 Å². The number of aryl methyl sites for hydroxylation is 1. The van der Waals surface area contributed by atoms with Gasteiger partial charge in [0.05, 0.1) is 12.2 Å². The third kappa shape index (κ3) is 3.65. The monoisotopic (exact) mass is 224 g/mol. The molecule has 0 amide bonds. The van der Waals surface area contributed by atoms with Gasteiger partial charge in [0.25, 0.3) is 0 Å². The normalized spacial score (nSPS) is 10.2. The number of unbranched alkanes of at least 4 members (excludes halogenated alkanes) is 2. The van der Waals surface area contributed by atoms with Crippen molar-refractivity contribution in [1.29, 1.82) is 0 Å². The van der Waals surface area contributed by atoms with Crippen LogP contribution in [0.25, 0.3) is 0 Å². The van der Waals surface area contributed by atoms with Crippen LogP contribution >= 0.6 is 0 Å². The molecule has 0 saturated carbocycles. The van der Waals surface area contributed by atoms with E-state index < -0.39 is 0 Å². The Morgan fingerprint density at radius 3 is 2.75 bits per heavy atom. The fourth-order valence-corrected chi connectivity index (χ4v) is 1.37. The van der Waals surface area contributed by atoms with Gasteiger partial charge in [-0.3, -0.25) is 0 Å². The highest BCUT2D eigenvalue weighted by Gasteiger charge is 2.08. The molecular formula is C13H17FO2. The molecule has 1 aromatic rings. The zero-order valence-electron chi connectivity index (χ0n) is 9.75. The molecule has 0 radical (unpaired) electrons. The molecule has 0 heterocycles. The largest absolute Gasteiger partial charge is 0.462 e. The predicted octanol–water partition coefficient (Wildman–Crippen LogP) is 3.48. The first-order valence-electron chi connectivity index (χ1n) is 5.58. The zero-order valence-corrected chi connectivity index (χ0v) is 9.75. The van der Waals surface area contributed by atoms with Gasteiger partial charge in [0.1, 0.15) is 5.82 Å². The van der Waals surface area contributed by atoms with Gasteiger partial charge in [-0.1, -0.05) is 19.8 Å². The minimum Gasteiger partial charge on any atom is -0.462 e. The molecule has 1 aromatic carbocycles. The molecule has 0 aromatic heterocycles. The molecule has 0 aliphatic heterocycles. The molecule has 0 bridgehead atoms. The van der Waals surface area contributed by atoms with E-state index in [1.807, 2.05) is 0 Å². The van der Waals surface area contributed by atoms with E-state index in [4.69, 9.17) is 4.74 Å². The van der Waals surface area contributed by atoms with Gasteiger partial charge >= 0.3 is 5.97 Å². The number of carbonyl (C=O) groups is 1. The Morgan fingerprint density at radius 1 is 1.38 bits per heavy atom. The quantitative estimate of drug-likeness (QED) is 0.565. The summed E-state index contributed by atoms with van der Waals surface area (Å²) in [5.41, 5.74) is 0.874. The number of ether oxygens (including phenoxy) is 1. The van der Waals surface area contributed by atoms with Crippen molar-refractivity contribution < 1.29 is 13.9 Å². The van der Waals surface area contributed by atoms with Gasteiger partial charge in [0.2, 0.25) is 0 Å². The molecule has 0 aliphatic rings. The van der Waals surface area contributed by atoms with E-state index in [1.54, 1.807) is 6.92 Å². The molecule has 3 heteroatoms. The lowest BCUT2D eigenvalue weighted by atomic mass is 10.1. The maximum Gasteiger partial charge on any atom is 0.338 e. The van der Waals surface area contributed by atoms with Gasteiger partial charge in [-0.2, -0.15) is 0 Å².